The molecule has 2 aromatic rings. The van der Waals surface area contributed by atoms with Gasteiger partial charge in [-0.3, -0.25) is 0 Å². The van der Waals surface area contributed by atoms with Crippen molar-refractivity contribution in [3.05, 3.63) is 59.1 Å². The number of hydrogen-bond donors (Lipinski definition) is 3. The predicted molar refractivity (Wildman–Crippen MR) is 90.1 cm³/mol. The van der Waals surface area contributed by atoms with Crippen LogP contribution in [0.25, 0.3) is 0 Å². The van der Waals surface area contributed by atoms with Crippen molar-refractivity contribution in [1.82, 2.24) is 5.32 Å². The minimum atomic E-state index is 0.0982. The Morgan fingerprint density at radius 1 is 1.10 bits per heavy atom. The van der Waals surface area contributed by atoms with Gasteiger partial charge in [-0.25, -0.2) is 0 Å². The monoisotopic (exact) mass is 305 g/mol. The topological polar surface area (TPSA) is 50.1 Å². The lowest BCUT2D eigenvalue weighted by Gasteiger charge is -2.17. The zero-order valence-electron chi connectivity index (χ0n) is 11.1. The highest BCUT2D eigenvalue weighted by molar-refractivity contribution is 7.80. The van der Waals surface area contributed by atoms with E-state index in [-0.39, 0.29) is 6.04 Å². The van der Waals surface area contributed by atoms with Crippen molar-refractivity contribution in [3.8, 4) is 0 Å². The van der Waals surface area contributed by atoms with Crippen LogP contribution < -0.4 is 16.4 Å². The molecule has 20 heavy (non-hydrogen) atoms. The lowest BCUT2D eigenvalue weighted by molar-refractivity contribution is 0.723. The Hall–Kier alpha value is -1.78. The Bertz CT molecular complexity index is 581. The van der Waals surface area contributed by atoms with E-state index in [9.17, 15) is 0 Å². The predicted octanol–water partition coefficient (Wildman–Crippen LogP) is 3.97. The van der Waals surface area contributed by atoms with Gasteiger partial charge in [0, 0.05) is 16.4 Å². The van der Waals surface area contributed by atoms with E-state index in [0.29, 0.717) is 5.11 Å². The molecule has 0 aliphatic carbocycles. The molecular weight excluding hydrogens is 290 g/mol. The van der Waals surface area contributed by atoms with Gasteiger partial charge in [0.05, 0.1) is 6.04 Å². The number of hydrogen-bond acceptors (Lipinski definition) is 2. The molecular formula is C15H16ClN3S. The molecule has 0 fully saturated rings. The molecule has 0 saturated carbocycles. The summed E-state index contributed by atoms with van der Waals surface area (Å²) in [7, 11) is 0. The molecule has 2 rings (SSSR count). The minimum Gasteiger partial charge on any atom is -0.399 e. The molecule has 2 aromatic carbocycles. The third-order valence-electron chi connectivity index (χ3n) is 2.89. The third-order valence-corrected chi connectivity index (χ3v) is 3.36. The maximum Gasteiger partial charge on any atom is 0.171 e. The minimum absolute atomic E-state index is 0.0982. The summed E-state index contributed by atoms with van der Waals surface area (Å²) in [4.78, 5) is 0. The van der Waals surface area contributed by atoms with Crippen molar-refractivity contribution < 1.29 is 0 Å². The van der Waals surface area contributed by atoms with E-state index in [2.05, 4.69) is 10.6 Å². The number of nitrogen functional groups attached to an aromatic ring is 1. The highest BCUT2D eigenvalue weighted by atomic mass is 35.5. The number of nitrogens with two attached hydrogens (primary N) is 1. The molecule has 0 unspecified atom stereocenters. The van der Waals surface area contributed by atoms with E-state index in [4.69, 9.17) is 29.6 Å². The molecule has 0 bridgehead atoms. The van der Waals surface area contributed by atoms with E-state index in [0.717, 1.165) is 22.0 Å². The van der Waals surface area contributed by atoms with Crippen LogP contribution in [-0.4, -0.2) is 5.11 Å². The Morgan fingerprint density at radius 2 is 1.70 bits per heavy atom. The van der Waals surface area contributed by atoms with Gasteiger partial charge in [0.1, 0.15) is 0 Å². The fraction of sp³-hybridized carbons (Fsp3) is 0.133. The number of anilines is 2. The molecule has 0 spiro atoms. The first-order valence-corrected chi connectivity index (χ1v) is 7.02. The van der Waals surface area contributed by atoms with Crippen molar-refractivity contribution in [3.63, 3.8) is 0 Å². The van der Waals surface area contributed by atoms with E-state index in [1.54, 1.807) is 0 Å². The number of nitrogens with one attached hydrogen (secondary N) is 2. The SMILES string of the molecule is C[C@H](NC(=S)Nc1ccc(N)cc1)c1ccc(Cl)cc1. The van der Waals surface area contributed by atoms with Crippen LogP contribution in [0.3, 0.4) is 0 Å². The lowest BCUT2D eigenvalue weighted by Crippen LogP contribution is -2.30. The Morgan fingerprint density at radius 3 is 2.30 bits per heavy atom. The molecule has 0 radical (unpaired) electrons. The second-order valence-corrected chi connectivity index (χ2v) is 5.34. The van der Waals surface area contributed by atoms with Crippen LogP contribution in [0.4, 0.5) is 11.4 Å². The van der Waals surface area contributed by atoms with Crippen LogP contribution in [-0.2, 0) is 0 Å². The third kappa shape index (κ3) is 4.11. The average Bonchev–Trinajstić information content (AvgIpc) is 2.42. The van der Waals surface area contributed by atoms with Gasteiger partial charge in [0.25, 0.3) is 0 Å². The Kier molecular flexibility index (Phi) is 4.82. The number of thiocarbonyl (C=S) groups is 1. The summed E-state index contributed by atoms with van der Waals surface area (Å²) < 4.78 is 0. The van der Waals surface area contributed by atoms with E-state index in [1.807, 2.05) is 55.5 Å². The van der Waals surface area contributed by atoms with Gasteiger partial charge in [-0.05, 0) is 61.1 Å². The maximum absolute atomic E-state index is 5.87. The standard InChI is InChI=1S/C15H16ClN3S/c1-10(11-2-4-12(16)5-3-11)18-15(20)19-14-8-6-13(17)7-9-14/h2-10H,17H2,1H3,(H2,18,19,20)/t10-/m0/s1. The first-order valence-electron chi connectivity index (χ1n) is 6.23. The average molecular weight is 306 g/mol. The summed E-state index contributed by atoms with van der Waals surface area (Å²) in [5.74, 6) is 0. The van der Waals surface area contributed by atoms with Crippen LogP contribution in [0.15, 0.2) is 48.5 Å². The van der Waals surface area contributed by atoms with Crippen molar-refractivity contribution >= 4 is 40.3 Å². The number of halogens is 1. The summed E-state index contributed by atoms with van der Waals surface area (Å²) in [6.45, 7) is 2.04. The van der Waals surface area contributed by atoms with Crippen LogP contribution in [0, 0.1) is 0 Å². The molecule has 0 aliphatic rings. The van der Waals surface area contributed by atoms with Crippen molar-refractivity contribution in [2.75, 3.05) is 11.1 Å². The molecule has 0 amide bonds. The van der Waals surface area contributed by atoms with Crippen LogP contribution in [0.5, 0.6) is 0 Å². The Labute approximate surface area is 129 Å². The van der Waals surface area contributed by atoms with Gasteiger partial charge in [0.2, 0.25) is 0 Å². The van der Waals surface area contributed by atoms with Crippen molar-refractivity contribution in [2.45, 2.75) is 13.0 Å². The van der Waals surface area contributed by atoms with E-state index in [1.165, 1.54) is 0 Å². The lowest BCUT2D eigenvalue weighted by atomic mass is 10.1. The second-order valence-electron chi connectivity index (χ2n) is 4.49. The fourth-order valence-corrected chi connectivity index (χ4v) is 2.19. The first kappa shape index (κ1) is 14.6. The van der Waals surface area contributed by atoms with Gasteiger partial charge >= 0.3 is 0 Å². The molecule has 1 atom stereocenters. The molecule has 4 N–H and O–H groups in total. The van der Waals surface area contributed by atoms with Crippen LogP contribution in [0.2, 0.25) is 5.02 Å². The highest BCUT2D eigenvalue weighted by Gasteiger charge is 2.07. The Balaban J connectivity index is 1.93. The van der Waals surface area contributed by atoms with Gasteiger partial charge in [0.15, 0.2) is 5.11 Å². The molecule has 3 nitrogen and oxygen atoms in total. The molecule has 0 saturated heterocycles. The summed E-state index contributed by atoms with van der Waals surface area (Å²) in [6, 6.07) is 15.2. The van der Waals surface area contributed by atoms with Crippen LogP contribution in [0.1, 0.15) is 18.5 Å². The van der Waals surface area contributed by atoms with Crippen molar-refractivity contribution in [1.29, 1.82) is 0 Å². The molecule has 0 aromatic heterocycles. The summed E-state index contributed by atoms with van der Waals surface area (Å²) in [6.07, 6.45) is 0. The zero-order valence-corrected chi connectivity index (χ0v) is 12.6. The smallest absolute Gasteiger partial charge is 0.171 e. The molecule has 5 heteroatoms. The quantitative estimate of drug-likeness (QED) is 0.593. The molecule has 0 heterocycles. The number of rotatable bonds is 3. The molecule has 0 aliphatic heterocycles. The fourth-order valence-electron chi connectivity index (χ4n) is 1.77. The van der Waals surface area contributed by atoms with E-state index < -0.39 is 0 Å². The number of benzene rings is 2. The molecule has 104 valence electrons. The van der Waals surface area contributed by atoms with Crippen LogP contribution >= 0.6 is 23.8 Å². The normalized spacial score (nSPS) is 11.7. The highest BCUT2D eigenvalue weighted by Crippen LogP contribution is 2.16. The van der Waals surface area contributed by atoms with Crippen molar-refractivity contribution in [2.24, 2.45) is 0 Å². The van der Waals surface area contributed by atoms with Gasteiger partial charge in [-0.2, -0.15) is 0 Å². The largest absolute Gasteiger partial charge is 0.399 e. The second kappa shape index (κ2) is 6.59. The first-order chi connectivity index (χ1) is 9.54. The zero-order chi connectivity index (χ0) is 14.5. The van der Waals surface area contributed by atoms with Gasteiger partial charge in [-0.1, -0.05) is 23.7 Å². The summed E-state index contributed by atoms with van der Waals surface area (Å²) >= 11 is 11.2. The van der Waals surface area contributed by atoms with E-state index >= 15 is 0 Å². The summed E-state index contributed by atoms with van der Waals surface area (Å²) in [5, 5.41) is 7.64. The van der Waals surface area contributed by atoms with Gasteiger partial charge < -0.3 is 16.4 Å². The summed E-state index contributed by atoms with van der Waals surface area (Å²) in [5.41, 5.74) is 8.39. The maximum atomic E-state index is 5.87. The van der Waals surface area contributed by atoms with Gasteiger partial charge in [-0.15, -0.1) is 0 Å².